The van der Waals surface area contributed by atoms with Gasteiger partial charge < -0.3 is 0 Å². The molecule has 0 aliphatic heterocycles. The summed E-state index contributed by atoms with van der Waals surface area (Å²) in [5, 5.41) is 0.360. The molecule has 0 amide bonds. The highest BCUT2D eigenvalue weighted by molar-refractivity contribution is 7.92. The van der Waals surface area contributed by atoms with Crippen molar-refractivity contribution in [2.75, 3.05) is 4.31 Å². The Bertz CT molecular complexity index is 1430. The molecule has 35 heavy (non-hydrogen) atoms. The van der Waals surface area contributed by atoms with Crippen molar-refractivity contribution in [3.63, 3.8) is 0 Å². The van der Waals surface area contributed by atoms with Gasteiger partial charge in [0.25, 0.3) is 10.0 Å². The van der Waals surface area contributed by atoms with E-state index in [-0.39, 0.29) is 10.6 Å². The summed E-state index contributed by atoms with van der Waals surface area (Å²) in [7, 11) is -4.31. The lowest BCUT2D eigenvalue weighted by Crippen LogP contribution is -2.35. The second-order valence-corrected chi connectivity index (χ2v) is 10.4. The van der Waals surface area contributed by atoms with Crippen LogP contribution in [0.15, 0.2) is 102 Å². The van der Waals surface area contributed by atoms with E-state index in [9.17, 15) is 12.8 Å². The van der Waals surface area contributed by atoms with Gasteiger partial charge in [0.1, 0.15) is 11.6 Å². The van der Waals surface area contributed by atoms with Crippen LogP contribution in [0.5, 0.6) is 0 Å². The van der Waals surface area contributed by atoms with Gasteiger partial charge in [-0.25, -0.2) is 17.2 Å². The quantitative estimate of drug-likeness (QED) is 0.257. The molecule has 0 saturated heterocycles. The molecule has 0 N–H and O–H groups in total. The molecule has 7 heteroatoms. The Morgan fingerprint density at radius 2 is 1.49 bits per heavy atom. The molecule has 0 bridgehead atoms. The van der Waals surface area contributed by atoms with E-state index >= 15 is 4.39 Å². The van der Waals surface area contributed by atoms with Crippen molar-refractivity contribution in [1.82, 2.24) is 0 Å². The first kappa shape index (κ1) is 24.9. The molecule has 4 aromatic rings. The van der Waals surface area contributed by atoms with Gasteiger partial charge in [-0.15, -0.1) is 0 Å². The van der Waals surface area contributed by atoms with Gasteiger partial charge in [-0.05, 0) is 60.0 Å². The van der Waals surface area contributed by atoms with Crippen molar-refractivity contribution in [3.8, 4) is 0 Å². The summed E-state index contributed by atoms with van der Waals surface area (Å²) in [5.41, 5.74) is 2.05. The molecule has 0 heterocycles. The Balaban J connectivity index is 1.90. The van der Waals surface area contributed by atoms with Crippen LogP contribution in [0, 0.1) is 17.6 Å². The van der Waals surface area contributed by atoms with Gasteiger partial charge >= 0.3 is 0 Å². The van der Waals surface area contributed by atoms with Crippen LogP contribution in [0.25, 0.3) is 0 Å². The maximum Gasteiger partial charge on any atom is 0.264 e. The summed E-state index contributed by atoms with van der Waals surface area (Å²) >= 11 is 5.96. The molecule has 4 rings (SSSR count). The molecule has 1 radical (unpaired) electrons. The molecule has 4 aromatic carbocycles. The highest BCUT2D eigenvalue weighted by Crippen LogP contribution is 2.39. The summed E-state index contributed by atoms with van der Waals surface area (Å²) in [5.74, 6) is -0.668. The fraction of sp³-hybridized carbons (Fsp3) is 0.107. The Morgan fingerprint density at radius 3 is 2.17 bits per heavy atom. The lowest BCUT2D eigenvalue weighted by atomic mass is 9.87. The maximum atomic E-state index is 15.0. The number of sulfonamides is 1. The summed E-state index contributed by atoms with van der Waals surface area (Å²) in [4.78, 5) is -0.0846. The van der Waals surface area contributed by atoms with Gasteiger partial charge in [0.2, 0.25) is 0 Å². The van der Waals surface area contributed by atoms with Crippen LogP contribution in [0.1, 0.15) is 36.6 Å². The highest BCUT2D eigenvalue weighted by Gasteiger charge is 2.34. The van der Waals surface area contributed by atoms with E-state index in [2.05, 4.69) is 0 Å². The molecule has 0 aliphatic rings. The van der Waals surface area contributed by atoms with Gasteiger partial charge in [0, 0.05) is 17.0 Å². The summed E-state index contributed by atoms with van der Waals surface area (Å²) in [6.45, 7) is 3.61. The minimum atomic E-state index is -4.31. The first-order chi connectivity index (χ1) is 16.7. The van der Waals surface area contributed by atoms with E-state index in [4.69, 9.17) is 11.6 Å². The first-order valence-electron chi connectivity index (χ1n) is 10.9. The van der Waals surface area contributed by atoms with Crippen molar-refractivity contribution >= 4 is 27.3 Å². The van der Waals surface area contributed by atoms with Crippen LogP contribution in [0.3, 0.4) is 0 Å². The number of anilines is 1. The zero-order valence-corrected chi connectivity index (χ0v) is 20.7. The first-order valence-corrected chi connectivity index (χ1v) is 12.8. The van der Waals surface area contributed by atoms with Crippen LogP contribution >= 0.6 is 11.6 Å². The minimum absolute atomic E-state index is 0.0846. The number of halogens is 3. The smallest absolute Gasteiger partial charge is 0.256 e. The lowest BCUT2D eigenvalue weighted by molar-refractivity contribution is 0.570. The molecule has 0 fully saturated rings. The van der Waals surface area contributed by atoms with E-state index < -0.39 is 27.7 Å². The van der Waals surface area contributed by atoms with Gasteiger partial charge in [-0.2, -0.15) is 0 Å². The number of rotatable bonds is 7. The van der Waals surface area contributed by atoms with Crippen LogP contribution in [0.2, 0.25) is 5.02 Å². The van der Waals surface area contributed by atoms with Crippen LogP contribution in [-0.2, 0) is 10.0 Å². The third-order valence-electron chi connectivity index (χ3n) is 5.89. The molecule has 0 aliphatic carbocycles. The predicted octanol–water partition coefficient (Wildman–Crippen LogP) is 7.57. The van der Waals surface area contributed by atoms with Crippen LogP contribution in [0.4, 0.5) is 14.5 Å². The van der Waals surface area contributed by atoms with Crippen molar-refractivity contribution in [2.45, 2.75) is 24.8 Å². The Labute approximate surface area is 209 Å². The molecule has 0 unspecified atom stereocenters. The predicted molar refractivity (Wildman–Crippen MR) is 136 cm³/mol. The second-order valence-electron chi connectivity index (χ2n) is 8.10. The summed E-state index contributed by atoms with van der Waals surface area (Å²) < 4.78 is 57.9. The summed E-state index contributed by atoms with van der Waals surface area (Å²) in [6.07, 6.45) is 0. The number of hydrogen-bond donors (Lipinski definition) is 0. The third kappa shape index (κ3) is 5.09. The molecular formula is C28H23ClF2NO2S. The zero-order valence-electron chi connectivity index (χ0n) is 19.1. The molecule has 1 atom stereocenters. The number of benzene rings is 4. The van der Waals surface area contributed by atoms with Crippen molar-refractivity contribution in [3.05, 3.63) is 136 Å². The zero-order chi connectivity index (χ0) is 25.2. The van der Waals surface area contributed by atoms with E-state index in [1.807, 2.05) is 49.4 Å². The average molecular weight is 511 g/mol. The number of hydrogen-bond acceptors (Lipinski definition) is 2. The SMILES string of the molecule is C[C](c1ccccc1)c1ccccc1[C@@H](C)N(c1cc(F)ccc1F)S(=O)(=O)c1ccc(Cl)cc1. The van der Waals surface area contributed by atoms with Crippen molar-refractivity contribution < 1.29 is 17.2 Å². The minimum Gasteiger partial charge on any atom is -0.256 e. The van der Waals surface area contributed by atoms with Crippen LogP contribution in [-0.4, -0.2) is 8.42 Å². The maximum absolute atomic E-state index is 15.0. The van der Waals surface area contributed by atoms with Gasteiger partial charge in [-0.3, -0.25) is 4.31 Å². The molecular weight excluding hydrogens is 488 g/mol. The Kier molecular flexibility index (Phi) is 7.24. The van der Waals surface area contributed by atoms with E-state index in [1.165, 1.54) is 24.3 Å². The highest BCUT2D eigenvalue weighted by atomic mass is 35.5. The molecule has 0 aromatic heterocycles. The normalized spacial score (nSPS) is 12.5. The van der Waals surface area contributed by atoms with Gasteiger partial charge in [0.05, 0.1) is 16.6 Å². The van der Waals surface area contributed by atoms with Gasteiger partial charge in [0.15, 0.2) is 0 Å². The van der Waals surface area contributed by atoms with Crippen LogP contribution < -0.4 is 4.31 Å². The van der Waals surface area contributed by atoms with E-state index in [1.54, 1.807) is 19.1 Å². The molecule has 0 spiro atoms. The summed E-state index contributed by atoms with van der Waals surface area (Å²) in [6, 6.07) is 24.5. The fourth-order valence-corrected chi connectivity index (χ4v) is 5.86. The molecule has 3 nitrogen and oxygen atoms in total. The monoisotopic (exact) mass is 510 g/mol. The average Bonchev–Trinajstić information content (AvgIpc) is 2.86. The third-order valence-corrected chi connectivity index (χ3v) is 8.04. The molecule has 179 valence electrons. The molecule has 0 saturated carbocycles. The Morgan fingerprint density at radius 1 is 0.857 bits per heavy atom. The Hall–Kier alpha value is -3.22. The van der Waals surface area contributed by atoms with E-state index in [0.717, 1.165) is 39.5 Å². The van der Waals surface area contributed by atoms with Gasteiger partial charge in [-0.1, -0.05) is 73.1 Å². The van der Waals surface area contributed by atoms with Crippen molar-refractivity contribution in [1.29, 1.82) is 0 Å². The van der Waals surface area contributed by atoms with E-state index in [0.29, 0.717) is 10.6 Å². The topological polar surface area (TPSA) is 37.4 Å². The lowest BCUT2D eigenvalue weighted by Gasteiger charge is -2.33. The number of nitrogens with zero attached hydrogens (tertiary/aromatic N) is 1. The standard InChI is InChI=1S/C28H23ClF2NO2S/c1-19(21-8-4-3-5-9-21)25-10-6-7-11-26(25)20(2)32(28-18-23(30)14-17-27(28)31)35(33,34)24-15-12-22(29)13-16-24/h3-18,20H,1-2H3/t20-/m1/s1. The largest absolute Gasteiger partial charge is 0.264 e. The second kappa shape index (κ2) is 10.2. The fourth-order valence-electron chi connectivity index (χ4n) is 4.09. The van der Waals surface area contributed by atoms with Crippen molar-refractivity contribution in [2.24, 2.45) is 0 Å².